The van der Waals surface area contributed by atoms with Crippen molar-refractivity contribution in [3.05, 3.63) is 58.6 Å². The maximum Gasteiger partial charge on any atom is 0.257 e. The Kier molecular flexibility index (Phi) is 4.64. The molecule has 0 aromatic heterocycles. The van der Waals surface area contributed by atoms with Gasteiger partial charge in [0.05, 0.1) is 5.56 Å². The summed E-state index contributed by atoms with van der Waals surface area (Å²) in [4.78, 5) is 12.3. The third-order valence-electron chi connectivity index (χ3n) is 3.12. The Balaban J connectivity index is 2.20. The van der Waals surface area contributed by atoms with Crippen LogP contribution in [-0.2, 0) is 6.42 Å². The molecule has 0 fully saturated rings. The van der Waals surface area contributed by atoms with Crippen molar-refractivity contribution < 1.29 is 4.79 Å². The molecule has 0 aliphatic carbocycles. The molecule has 1 amide bonds. The van der Waals surface area contributed by atoms with Gasteiger partial charge in [-0.2, -0.15) is 0 Å². The SMILES string of the molecule is CCc1ccc(NC(=O)c2cc(Cl)ccc2NC)cc1. The van der Waals surface area contributed by atoms with E-state index in [0.29, 0.717) is 10.6 Å². The molecule has 0 saturated heterocycles. The van der Waals surface area contributed by atoms with Crippen LogP contribution < -0.4 is 10.6 Å². The highest BCUT2D eigenvalue weighted by atomic mass is 35.5. The van der Waals surface area contributed by atoms with Crippen LogP contribution in [0.4, 0.5) is 11.4 Å². The molecular weight excluding hydrogens is 272 g/mol. The Hall–Kier alpha value is -2.00. The predicted molar refractivity (Wildman–Crippen MR) is 84.8 cm³/mol. The molecule has 2 rings (SSSR count). The van der Waals surface area contributed by atoms with Gasteiger partial charge in [0.15, 0.2) is 0 Å². The topological polar surface area (TPSA) is 41.1 Å². The van der Waals surface area contributed by atoms with Gasteiger partial charge in [0.25, 0.3) is 5.91 Å². The summed E-state index contributed by atoms with van der Waals surface area (Å²) in [7, 11) is 1.77. The number of hydrogen-bond donors (Lipinski definition) is 2. The van der Waals surface area contributed by atoms with Gasteiger partial charge in [-0.05, 0) is 42.3 Å². The van der Waals surface area contributed by atoms with Crippen molar-refractivity contribution >= 4 is 28.9 Å². The largest absolute Gasteiger partial charge is 0.387 e. The first-order valence-electron chi connectivity index (χ1n) is 6.51. The van der Waals surface area contributed by atoms with E-state index in [2.05, 4.69) is 17.6 Å². The maximum absolute atomic E-state index is 12.3. The second-order valence-corrected chi connectivity index (χ2v) is 4.88. The molecule has 0 aliphatic rings. The van der Waals surface area contributed by atoms with Crippen LogP contribution in [0.3, 0.4) is 0 Å². The van der Waals surface area contributed by atoms with E-state index in [1.54, 1.807) is 25.2 Å². The normalized spacial score (nSPS) is 10.2. The molecule has 0 saturated carbocycles. The molecule has 0 bridgehead atoms. The monoisotopic (exact) mass is 288 g/mol. The molecule has 0 unspecified atom stereocenters. The van der Waals surface area contributed by atoms with Crippen LogP contribution in [0, 0.1) is 0 Å². The zero-order valence-electron chi connectivity index (χ0n) is 11.5. The second-order valence-electron chi connectivity index (χ2n) is 4.44. The average molecular weight is 289 g/mol. The fourth-order valence-corrected chi connectivity index (χ4v) is 2.12. The molecule has 0 atom stereocenters. The van der Waals surface area contributed by atoms with Gasteiger partial charge in [-0.15, -0.1) is 0 Å². The van der Waals surface area contributed by atoms with E-state index >= 15 is 0 Å². The van der Waals surface area contributed by atoms with E-state index in [4.69, 9.17) is 11.6 Å². The second kappa shape index (κ2) is 6.44. The summed E-state index contributed by atoms with van der Waals surface area (Å²) in [5, 5.41) is 6.40. The number of rotatable bonds is 4. The Morgan fingerprint density at radius 1 is 1.15 bits per heavy atom. The van der Waals surface area contributed by atoms with Crippen LogP contribution in [0.15, 0.2) is 42.5 Å². The molecule has 4 heteroatoms. The minimum absolute atomic E-state index is 0.180. The Morgan fingerprint density at radius 2 is 1.85 bits per heavy atom. The van der Waals surface area contributed by atoms with Gasteiger partial charge < -0.3 is 10.6 Å². The summed E-state index contributed by atoms with van der Waals surface area (Å²) in [6.45, 7) is 2.10. The van der Waals surface area contributed by atoms with E-state index in [1.807, 2.05) is 24.3 Å². The average Bonchev–Trinajstić information content (AvgIpc) is 2.48. The Labute approximate surface area is 124 Å². The molecule has 2 aromatic carbocycles. The van der Waals surface area contributed by atoms with Gasteiger partial charge in [0.1, 0.15) is 0 Å². The third-order valence-corrected chi connectivity index (χ3v) is 3.35. The smallest absolute Gasteiger partial charge is 0.257 e. The number of carbonyl (C=O) groups excluding carboxylic acids is 1. The number of anilines is 2. The highest BCUT2D eigenvalue weighted by Gasteiger charge is 2.11. The van der Waals surface area contributed by atoms with Gasteiger partial charge in [-0.25, -0.2) is 0 Å². The fraction of sp³-hybridized carbons (Fsp3) is 0.188. The number of nitrogens with one attached hydrogen (secondary N) is 2. The first kappa shape index (κ1) is 14.4. The summed E-state index contributed by atoms with van der Waals surface area (Å²) in [5.74, 6) is -0.180. The van der Waals surface area contributed by atoms with E-state index < -0.39 is 0 Å². The lowest BCUT2D eigenvalue weighted by atomic mass is 10.1. The maximum atomic E-state index is 12.3. The van der Waals surface area contributed by atoms with Crippen LogP contribution in [0.1, 0.15) is 22.8 Å². The standard InChI is InChI=1S/C16H17ClN2O/c1-3-11-4-7-13(8-5-11)19-16(20)14-10-12(17)6-9-15(14)18-2/h4-10,18H,3H2,1-2H3,(H,19,20). The minimum Gasteiger partial charge on any atom is -0.387 e. The molecule has 0 aliphatic heterocycles. The lowest BCUT2D eigenvalue weighted by Crippen LogP contribution is -2.14. The zero-order chi connectivity index (χ0) is 14.5. The first-order chi connectivity index (χ1) is 9.63. The molecule has 0 spiro atoms. The predicted octanol–water partition coefficient (Wildman–Crippen LogP) is 4.20. The highest BCUT2D eigenvalue weighted by Crippen LogP contribution is 2.21. The van der Waals surface area contributed by atoms with Crippen LogP contribution in [-0.4, -0.2) is 13.0 Å². The van der Waals surface area contributed by atoms with Crippen LogP contribution in [0.25, 0.3) is 0 Å². The van der Waals surface area contributed by atoms with Crippen LogP contribution in [0.2, 0.25) is 5.02 Å². The van der Waals surface area contributed by atoms with Gasteiger partial charge in [0, 0.05) is 23.4 Å². The van der Waals surface area contributed by atoms with Gasteiger partial charge in [-0.1, -0.05) is 30.7 Å². The van der Waals surface area contributed by atoms with Crippen molar-refractivity contribution in [2.75, 3.05) is 17.7 Å². The third kappa shape index (κ3) is 3.31. The van der Waals surface area contributed by atoms with Crippen LogP contribution in [0.5, 0.6) is 0 Å². The lowest BCUT2D eigenvalue weighted by molar-refractivity contribution is 0.102. The minimum atomic E-state index is -0.180. The summed E-state index contributed by atoms with van der Waals surface area (Å²) >= 11 is 5.95. The summed E-state index contributed by atoms with van der Waals surface area (Å²) in [5.41, 5.74) is 3.28. The van der Waals surface area contributed by atoms with Gasteiger partial charge in [-0.3, -0.25) is 4.79 Å². The van der Waals surface area contributed by atoms with Gasteiger partial charge >= 0.3 is 0 Å². The fourth-order valence-electron chi connectivity index (χ4n) is 1.94. The molecule has 0 heterocycles. The number of benzene rings is 2. The number of halogens is 1. The number of hydrogen-bond acceptors (Lipinski definition) is 2. The van der Waals surface area contributed by atoms with Gasteiger partial charge in [0.2, 0.25) is 0 Å². The van der Waals surface area contributed by atoms with Crippen molar-refractivity contribution in [1.82, 2.24) is 0 Å². The van der Waals surface area contributed by atoms with E-state index in [9.17, 15) is 4.79 Å². The van der Waals surface area contributed by atoms with Crippen molar-refractivity contribution in [3.8, 4) is 0 Å². The molecule has 2 N–H and O–H groups in total. The molecule has 3 nitrogen and oxygen atoms in total. The molecule has 104 valence electrons. The van der Waals surface area contributed by atoms with Crippen molar-refractivity contribution in [2.45, 2.75) is 13.3 Å². The molecular formula is C16H17ClN2O. The van der Waals surface area contributed by atoms with Crippen molar-refractivity contribution in [3.63, 3.8) is 0 Å². The molecule has 0 radical (unpaired) electrons. The van der Waals surface area contributed by atoms with Crippen molar-refractivity contribution in [1.29, 1.82) is 0 Å². The quantitative estimate of drug-likeness (QED) is 0.885. The Morgan fingerprint density at radius 3 is 2.45 bits per heavy atom. The van der Waals surface area contributed by atoms with E-state index in [0.717, 1.165) is 17.8 Å². The molecule has 20 heavy (non-hydrogen) atoms. The van der Waals surface area contributed by atoms with E-state index in [-0.39, 0.29) is 5.91 Å². The van der Waals surface area contributed by atoms with Crippen molar-refractivity contribution in [2.24, 2.45) is 0 Å². The summed E-state index contributed by atoms with van der Waals surface area (Å²) < 4.78 is 0. The lowest BCUT2D eigenvalue weighted by Gasteiger charge is -2.10. The number of carbonyl (C=O) groups is 1. The summed E-state index contributed by atoms with van der Waals surface area (Å²) in [6.07, 6.45) is 0.979. The Bertz CT molecular complexity index is 608. The summed E-state index contributed by atoms with van der Waals surface area (Å²) in [6, 6.07) is 13.0. The number of amides is 1. The molecule has 2 aromatic rings. The van der Waals surface area contributed by atoms with Crippen LogP contribution >= 0.6 is 11.6 Å². The number of aryl methyl sites for hydroxylation is 1. The first-order valence-corrected chi connectivity index (χ1v) is 6.89. The van der Waals surface area contributed by atoms with E-state index in [1.165, 1.54) is 5.56 Å². The highest BCUT2D eigenvalue weighted by molar-refractivity contribution is 6.31. The zero-order valence-corrected chi connectivity index (χ0v) is 12.3.